The number of amides is 1. The summed E-state index contributed by atoms with van der Waals surface area (Å²) in [6, 6.07) is 0.323. The maximum Gasteiger partial charge on any atom is 0.257 e. The Labute approximate surface area is 132 Å². The number of nitrogens with zero attached hydrogens (tertiary/aromatic N) is 5. The zero-order valence-corrected chi connectivity index (χ0v) is 13.9. The number of aryl methyl sites for hydroxylation is 1. The van der Waals surface area contributed by atoms with Crippen LogP contribution >= 0.6 is 0 Å². The highest BCUT2D eigenvalue weighted by Gasteiger charge is 2.37. The van der Waals surface area contributed by atoms with Gasteiger partial charge in [0.2, 0.25) is 5.95 Å². The Morgan fingerprint density at radius 1 is 1.27 bits per heavy atom. The second kappa shape index (κ2) is 5.83. The van der Waals surface area contributed by atoms with Crippen LogP contribution in [0.1, 0.15) is 28.9 Å². The number of hydrogen-bond donors (Lipinski definition) is 0. The highest BCUT2D eigenvalue weighted by Crippen LogP contribution is 2.29. The van der Waals surface area contributed by atoms with Crippen molar-refractivity contribution in [3.05, 3.63) is 17.5 Å². The van der Waals surface area contributed by atoms with Crippen LogP contribution in [0.15, 0.2) is 6.20 Å². The van der Waals surface area contributed by atoms with Gasteiger partial charge < -0.3 is 14.7 Å². The van der Waals surface area contributed by atoms with Crippen molar-refractivity contribution >= 4 is 11.9 Å². The van der Waals surface area contributed by atoms with Gasteiger partial charge in [0.25, 0.3) is 5.91 Å². The molecule has 0 N–H and O–H groups in total. The summed E-state index contributed by atoms with van der Waals surface area (Å²) < 4.78 is 0. The Balaban J connectivity index is 1.85. The van der Waals surface area contributed by atoms with E-state index in [1.165, 1.54) is 6.42 Å². The first kappa shape index (κ1) is 15.2. The fraction of sp³-hybridized carbons (Fsp3) is 0.688. The molecule has 1 aromatic rings. The van der Waals surface area contributed by atoms with Gasteiger partial charge in [0, 0.05) is 46.0 Å². The van der Waals surface area contributed by atoms with Crippen LogP contribution in [0.25, 0.3) is 0 Å². The normalized spacial score (nSPS) is 25.2. The lowest BCUT2D eigenvalue weighted by atomic mass is 9.94. The SMILES string of the molecule is Cc1nc(N(C)C)ncc1C(=O)N1C[C@H]2CC[C@@H]1CN(C)C2. The number of rotatable bonds is 2. The molecule has 22 heavy (non-hydrogen) atoms. The Kier molecular flexibility index (Phi) is 4.04. The van der Waals surface area contributed by atoms with Crippen LogP contribution < -0.4 is 4.90 Å². The minimum Gasteiger partial charge on any atom is -0.347 e. The van der Waals surface area contributed by atoms with Crippen molar-refractivity contribution in [2.75, 3.05) is 45.7 Å². The van der Waals surface area contributed by atoms with E-state index in [2.05, 4.69) is 26.8 Å². The third-order valence-corrected chi connectivity index (χ3v) is 4.75. The van der Waals surface area contributed by atoms with Gasteiger partial charge in [-0.05, 0) is 32.7 Å². The van der Waals surface area contributed by atoms with Crippen LogP contribution in [-0.4, -0.2) is 72.5 Å². The first-order valence-electron chi connectivity index (χ1n) is 7.96. The summed E-state index contributed by atoms with van der Waals surface area (Å²) in [5, 5.41) is 0. The van der Waals surface area contributed by atoms with E-state index in [1.54, 1.807) is 6.20 Å². The summed E-state index contributed by atoms with van der Waals surface area (Å²) in [5.41, 5.74) is 1.40. The van der Waals surface area contributed by atoms with Crippen molar-refractivity contribution in [1.29, 1.82) is 0 Å². The van der Waals surface area contributed by atoms with Crippen molar-refractivity contribution in [2.45, 2.75) is 25.8 Å². The van der Waals surface area contributed by atoms with Crippen LogP contribution in [0.4, 0.5) is 5.95 Å². The van der Waals surface area contributed by atoms with E-state index in [4.69, 9.17) is 0 Å². The molecule has 3 aliphatic heterocycles. The number of anilines is 1. The Morgan fingerprint density at radius 2 is 2.05 bits per heavy atom. The highest BCUT2D eigenvalue weighted by molar-refractivity contribution is 5.95. The second-order valence-corrected chi connectivity index (χ2v) is 6.84. The van der Waals surface area contributed by atoms with Gasteiger partial charge >= 0.3 is 0 Å². The molecular formula is C16H25N5O. The third kappa shape index (κ3) is 2.79. The highest BCUT2D eigenvalue weighted by atomic mass is 16.2. The molecule has 1 aromatic heterocycles. The fourth-order valence-corrected chi connectivity index (χ4v) is 3.60. The molecule has 3 fully saturated rings. The summed E-state index contributed by atoms with van der Waals surface area (Å²) in [4.78, 5) is 28.0. The number of hydrogen-bond acceptors (Lipinski definition) is 5. The zero-order valence-electron chi connectivity index (χ0n) is 13.9. The van der Waals surface area contributed by atoms with E-state index in [-0.39, 0.29) is 5.91 Å². The van der Waals surface area contributed by atoms with Crippen LogP contribution in [0, 0.1) is 12.8 Å². The molecule has 6 nitrogen and oxygen atoms in total. The molecule has 0 aromatic carbocycles. The van der Waals surface area contributed by atoms with Gasteiger partial charge in [-0.25, -0.2) is 9.97 Å². The quantitative estimate of drug-likeness (QED) is 0.816. The Hall–Kier alpha value is -1.69. The van der Waals surface area contributed by atoms with E-state index in [0.717, 1.165) is 31.7 Å². The Bertz CT molecular complexity index is 574. The maximum atomic E-state index is 13.0. The first-order valence-corrected chi connectivity index (χ1v) is 7.96. The lowest BCUT2D eigenvalue weighted by Crippen LogP contribution is -2.47. The van der Waals surface area contributed by atoms with Gasteiger partial charge in [-0.15, -0.1) is 0 Å². The van der Waals surface area contributed by atoms with Gasteiger partial charge in [0.1, 0.15) is 0 Å². The number of fused-ring (bicyclic) bond motifs is 4. The largest absolute Gasteiger partial charge is 0.347 e. The topological polar surface area (TPSA) is 52.6 Å². The lowest BCUT2D eigenvalue weighted by molar-refractivity contribution is 0.0585. The molecule has 4 heterocycles. The average molecular weight is 303 g/mol. The molecular weight excluding hydrogens is 278 g/mol. The third-order valence-electron chi connectivity index (χ3n) is 4.75. The number of carbonyl (C=O) groups is 1. The predicted octanol–water partition coefficient (Wildman–Crippen LogP) is 1.02. The smallest absolute Gasteiger partial charge is 0.257 e. The van der Waals surface area contributed by atoms with Crippen molar-refractivity contribution in [1.82, 2.24) is 19.8 Å². The Morgan fingerprint density at radius 3 is 2.73 bits per heavy atom. The molecule has 3 aliphatic rings. The van der Waals surface area contributed by atoms with E-state index in [1.807, 2.05) is 25.9 Å². The summed E-state index contributed by atoms with van der Waals surface area (Å²) in [6.07, 6.45) is 4.02. The van der Waals surface area contributed by atoms with E-state index in [9.17, 15) is 4.79 Å². The van der Waals surface area contributed by atoms with Crippen LogP contribution in [-0.2, 0) is 0 Å². The molecule has 0 radical (unpaired) electrons. The molecule has 2 atom stereocenters. The van der Waals surface area contributed by atoms with Crippen LogP contribution in [0.2, 0.25) is 0 Å². The number of carbonyl (C=O) groups excluding carboxylic acids is 1. The standard InChI is InChI=1S/C16H25N5O/c1-11-14(7-17-16(18-11)19(2)3)15(22)21-9-12-5-6-13(21)10-20(4)8-12/h7,12-13H,5-6,8-10H2,1-4H3/t12-,13+/m0/s1. The number of aromatic nitrogens is 2. The van der Waals surface area contributed by atoms with Crippen molar-refractivity contribution < 1.29 is 4.79 Å². The summed E-state index contributed by atoms with van der Waals surface area (Å²) in [6.45, 7) is 4.82. The second-order valence-electron chi connectivity index (χ2n) is 6.84. The van der Waals surface area contributed by atoms with E-state index >= 15 is 0 Å². The van der Waals surface area contributed by atoms with Crippen molar-refractivity contribution in [3.63, 3.8) is 0 Å². The van der Waals surface area contributed by atoms with E-state index < -0.39 is 0 Å². The molecule has 4 rings (SSSR count). The predicted molar refractivity (Wildman–Crippen MR) is 86.1 cm³/mol. The lowest BCUT2D eigenvalue weighted by Gasteiger charge is -2.36. The van der Waals surface area contributed by atoms with Crippen LogP contribution in [0.5, 0.6) is 0 Å². The molecule has 0 saturated carbocycles. The molecule has 0 unspecified atom stereocenters. The van der Waals surface area contributed by atoms with E-state index in [0.29, 0.717) is 23.5 Å². The summed E-state index contributed by atoms with van der Waals surface area (Å²) in [5.74, 6) is 1.33. The van der Waals surface area contributed by atoms with Gasteiger partial charge in [0.05, 0.1) is 11.3 Å². The molecule has 0 spiro atoms. The monoisotopic (exact) mass is 303 g/mol. The molecule has 2 bridgehead atoms. The number of likely N-dealkylation sites (N-methyl/N-ethyl adjacent to an activating group) is 1. The van der Waals surface area contributed by atoms with Gasteiger partial charge in [-0.1, -0.05) is 0 Å². The van der Waals surface area contributed by atoms with Gasteiger partial charge in [-0.2, -0.15) is 0 Å². The zero-order chi connectivity index (χ0) is 15.9. The van der Waals surface area contributed by atoms with Gasteiger partial charge in [-0.3, -0.25) is 4.79 Å². The minimum absolute atomic E-state index is 0.0906. The molecule has 120 valence electrons. The molecule has 1 amide bonds. The average Bonchev–Trinajstić information content (AvgIpc) is 2.75. The fourth-order valence-electron chi connectivity index (χ4n) is 3.60. The molecule has 0 aliphatic carbocycles. The number of piperidine rings is 1. The maximum absolute atomic E-state index is 13.0. The van der Waals surface area contributed by atoms with Crippen molar-refractivity contribution in [2.24, 2.45) is 5.92 Å². The van der Waals surface area contributed by atoms with Crippen molar-refractivity contribution in [3.8, 4) is 0 Å². The van der Waals surface area contributed by atoms with Gasteiger partial charge in [0.15, 0.2) is 0 Å². The minimum atomic E-state index is 0.0906. The molecule has 6 heteroatoms. The summed E-state index contributed by atoms with van der Waals surface area (Å²) >= 11 is 0. The first-order chi connectivity index (χ1) is 10.5. The summed E-state index contributed by atoms with van der Waals surface area (Å²) in [7, 11) is 5.96. The molecule has 3 saturated heterocycles. The van der Waals surface area contributed by atoms with Crippen LogP contribution in [0.3, 0.4) is 0 Å².